The molecule has 0 heterocycles. The van der Waals surface area contributed by atoms with Gasteiger partial charge < -0.3 is 15.2 Å². The lowest BCUT2D eigenvalue weighted by Gasteiger charge is -2.13. The molecule has 0 saturated carbocycles. The average Bonchev–Trinajstić information content (AvgIpc) is 2.33. The number of ether oxygens (including phenoxy) is 1. The molecule has 0 spiro atoms. The molecule has 1 amide bonds. The highest BCUT2D eigenvalue weighted by atomic mass is 32.2. The highest BCUT2D eigenvalue weighted by Gasteiger charge is 2.23. The molecule has 2 N–H and O–H groups in total. The summed E-state index contributed by atoms with van der Waals surface area (Å²) in [7, 11) is 0.0993. The lowest BCUT2D eigenvalue weighted by Crippen LogP contribution is -2.38. The Morgan fingerprint density at radius 1 is 1.39 bits per heavy atom. The normalized spacial score (nSPS) is 15.7. The van der Waals surface area contributed by atoms with Crippen molar-refractivity contribution in [2.75, 3.05) is 26.0 Å². The van der Waals surface area contributed by atoms with E-state index < -0.39 is 27.9 Å². The highest BCUT2D eigenvalue weighted by Crippen LogP contribution is 2.04. The van der Waals surface area contributed by atoms with Crippen molar-refractivity contribution >= 4 is 22.7 Å². The van der Waals surface area contributed by atoms with Crippen molar-refractivity contribution in [2.45, 2.75) is 25.5 Å². The van der Waals surface area contributed by atoms with Crippen LogP contribution >= 0.6 is 0 Å². The fraction of sp³-hybridized carbons (Fsp3) is 0.818. The standard InChI is InChI=1S/C11H21NO5S/c1-8(11(14)15)7-18(16)9(2)10(13)12-5-4-6-17-3/h8-9H,4-7H2,1-3H3,(H,12,13)(H,14,15). The Bertz CT molecular complexity index is 308. The molecule has 106 valence electrons. The van der Waals surface area contributed by atoms with E-state index in [2.05, 4.69) is 5.32 Å². The van der Waals surface area contributed by atoms with Crippen molar-refractivity contribution in [3.63, 3.8) is 0 Å². The number of carboxylic acid groups (broad SMARTS) is 1. The topological polar surface area (TPSA) is 92.7 Å². The van der Waals surface area contributed by atoms with E-state index >= 15 is 0 Å². The third-order valence-electron chi connectivity index (χ3n) is 2.42. The first kappa shape index (κ1) is 17.1. The second kappa shape index (κ2) is 9.04. The lowest BCUT2D eigenvalue weighted by molar-refractivity contribution is -0.140. The summed E-state index contributed by atoms with van der Waals surface area (Å²) in [5, 5.41) is 10.6. The summed E-state index contributed by atoms with van der Waals surface area (Å²) in [6.45, 7) is 4.02. The Balaban J connectivity index is 4.04. The van der Waals surface area contributed by atoms with Crippen molar-refractivity contribution in [1.82, 2.24) is 5.32 Å². The smallest absolute Gasteiger partial charge is 0.307 e. The van der Waals surface area contributed by atoms with Gasteiger partial charge in [-0.2, -0.15) is 0 Å². The first-order chi connectivity index (χ1) is 8.40. The molecule has 3 unspecified atom stereocenters. The van der Waals surface area contributed by atoms with E-state index in [0.717, 1.165) is 0 Å². The molecular weight excluding hydrogens is 258 g/mol. The Morgan fingerprint density at radius 3 is 2.50 bits per heavy atom. The molecule has 0 aliphatic carbocycles. The zero-order valence-electron chi connectivity index (χ0n) is 11.0. The van der Waals surface area contributed by atoms with E-state index in [4.69, 9.17) is 9.84 Å². The molecule has 0 bridgehead atoms. The van der Waals surface area contributed by atoms with Gasteiger partial charge >= 0.3 is 5.97 Å². The third kappa shape index (κ3) is 6.70. The van der Waals surface area contributed by atoms with Crippen LogP contribution in [0.5, 0.6) is 0 Å². The number of hydrogen-bond donors (Lipinski definition) is 2. The maximum absolute atomic E-state index is 11.8. The number of methoxy groups -OCH3 is 1. The second-order valence-corrected chi connectivity index (χ2v) is 5.87. The molecule has 0 aromatic carbocycles. The van der Waals surface area contributed by atoms with E-state index in [1.807, 2.05) is 0 Å². The van der Waals surface area contributed by atoms with Gasteiger partial charge in [0.2, 0.25) is 5.91 Å². The van der Waals surface area contributed by atoms with Gasteiger partial charge in [-0.3, -0.25) is 13.8 Å². The minimum atomic E-state index is -1.48. The van der Waals surface area contributed by atoms with Gasteiger partial charge in [0.1, 0.15) is 5.25 Å². The Labute approximate surface area is 110 Å². The minimum Gasteiger partial charge on any atom is -0.481 e. The SMILES string of the molecule is COCCCNC(=O)C(C)S(=O)CC(C)C(=O)O. The van der Waals surface area contributed by atoms with Gasteiger partial charge in [0.15, 0.2) is 0 Å². The maximum atomic E-state index is 11.8. The summed E-state index contributed by atoms with van der Waals surface area (Å²) in [6, 6.07) is 0. The first-order valence-electron chi connectivity index (χ1n) is 5.76. The first-order valence-corrected chi connectivity index (χ1v) is 7.15. The molecule has 0 aliphatic heterocycles. The van der Waals surface area contributed by atoms with Gasteiger partial charge in [-0.1, -0.05) is 6.92 Å². The quantitative estimate of drug-likeness (QED) is 0.579. The summed E-state index contributed by atoms with van der Waals surface area (Å²) in [5.74, 6) is -2.05. The monoisotopic (exact) mass is 279 g/mol. The van der Waals surface area contributed by atoms with Gasteiger partial charge in [-0.15, -0.1) is 0 Å². The highest BCUT2D eigenvalue weighted by molar-refractivity contribution is 7.86. The molecule has 0 aliphatic rings. The molecular formula is C11H21NO5S. The lowest BCUT2D eigenvalue weighted by atomic mass is 10.2. The number of carboxylic acids is 1. The van der Waals surface area contributed by atoms with Gasteiger partial charge in [0.25, 0.3) is 0 Å². The number of aliphatic carboxylic acids is 1. The molecule has 3 atom stereocenters. The molecule has 0 saturated heterocycles. The van der Waals surface area contributed by atoms with E-state index in [1.165, 1.54) is 13.8 Å². The minimum absolute atomic E-state index is 0.0119. The van der Waals surface area contributed by atoms with Crippen molar-refractivity contribution in [1.29, 1.82) is 0 Å². The van der Waals surface area contributed by atoms with Crippen LogP contribution in [0.1, 0.15) is 20.3 Å². The summed E-state index contributed by atoms with van der Waals surface area (Å²) in [4.78, 5) is 22.2. The number of amides is 1. The van der Waals surface area contributed by atoms with Crippen molar-refractivity contribution < 1.29 is 23.6 Å². The van der Waals surface area contributed by atoms with Gasteiger partial charge in [0, 0.05) is 36.8 Å². The van der Waals surface area contributed by atoms with E-state index in [0.29, 0.717) is 19.6 Å². The van der Waals surface area contributed by atoms with Crippen LogP contribution in [-0.2, 0) is 25.1 Å². The molecule has 0 rings (SSSR count). The maximum Gasteiger partial charge on any atom is 0.307 e. The van der Waals surface area contributed by atoms with Gasteiger partial charge in [0.05, 0.1) is 5.92 Å². The summed E-state index contributed by atoms with van der Waals surface area (Å²) in [5.41, 5.74) is 0. The number of nitrogens with one attached hydrogen (secondary N) is 1. The van der Waals surface area contributed by atoms with Crippen LogP contribution in [0.25, 0.3) is 0 Å². The molecule has 0 aromatic heterocycles. The van der Waals surface area contributed by atoms with E-state index in [1.54, 1.807) is 7.11 Å². The van der Waals surface area contributed by atoms with Crippen LogP contribution < -0.4 is 5.32 Å². The van der Waals surface area contributed by atoms with Crippen LogP contribution in [0.3, 0.4) is 0 Å². The van der Waals surface area contributed by atoms with Crippen LogP contribution in [0.15, 0.2) is 0 Å². The van der Waals surface area contributed by atoms with Crippen LogP contribution in [0.2, 0.25) is 0 Å². The van der Waals surface area contributed by atoms with Crippen molar-refractivity contribution in [3.8, 4) is 0 Å². The number of carbonyl (C=O) groups excluding carboxylic acids is 1. The summed E-state index contributed by atoms with van der Waals surface area (Å²) >= 11 is 0. The summed E-state index contributed by atoms with van der Waals surface area (Å²) in [6.07, 6.45) is 0.688. The largest absolute Gasteiger partial charge is 0.481 e. The van der Waals surface area contributed by atoms with Crippen LogP contribution in [-0.4, -0.2) is 52.5 Å². The summed E-state index contributed by atoms with van der Waals surface area (Å²) < 4.78 is 16.6. The van der Waals surface area contributed by atoms with Crippen molar-refractivity contribution in [3.05, 3.63) is 0 Å². The molecule has 6 nitrogen and oxygen atoms in total. The average molecular weight is 279 g/mol. The molecule has 7 heteroatoms. The van der Waals surface area contributed by atoms with Crippen LogP contribution in [0.4, 0.5) is 0 Å². The third-order valence-corrected chi connectivity index (χ3v) is 4.26. The van der Waals surface area contributed by atoms with Gasteiger partial charge in [-0.25, -0.2) is 0 Å². The Hall–Kier alpha value is -0.950. The number of carbonyl (C=O) groups is 2. The Kier molecular flexibility index (Phi) is 8.57. The number of rotatable bonds is 9. The molecule has 0 fully saturated rings. The van der Waals surface area contributed by atoms with Crippen LogP contribution in [0, 0.1) is 5.92 Å². The van der Waals surface area contributed by atoms with Crippen molar-refractivity contribution in [2.24, 2.45) is 5.92 Å². The van der Waals surface area contributed by atoms with Gasteiger partial charge in [-0.05, 0) is 13.3 Å². The number of hydrogen-bond acceptors (Lipinski definition) is 4. The van der Waals surface area contributed by atoms with E-state index in [9.17, 15) is 13.8 Å². The Morgan fingerprint density at radius 2 is 2.00 bits per heavy atom. The fourth-order valence-electron chi connectivity index (χ4n) is 1.15. The fourth-order valence-corrected chi connectivity index (χ4v) is 2.40. The zero-order valence-corrected chi connectivity index (χ0v) is 11.8. The zero-order chi connectivity index (χ0) is 14.1. The molecule has 0 radical (unpaired) electrons. The molecule has 18 heavy (non-hydrogen) atoms. The van der Waals surface area contributed by atoms with E-state index in [-0.39, 0.29) is 11.7 Å². The predicted octanol–water partition coefficient (Wildman–Crippen LogP) is -0.00300. The predicted molar refractivity (Wildman–Crippen MR) is 68.8 cm³/mol. The second-order valence-electron chi connectivity index (χ2n) is 4.07. The molecule has 0 aromatic rings.